The van der Waals surface area contributed by atoms with E-state index in [1.165, 1.54) is 34.7 Å². The van der Waals surface area contributed by atoms with Crippen molar-refractivity contribution in [3.63, 3.8) is 0 Å². The van der Waals surface area contributed by atoms with Crippen LogP contribution < -0.4 is 5.32 Å². The number of nitrogens with zero attached hydrogens (tertiary/aromatic N) is 1. The van der Waals surface area contributed by atoms with Gasteiger partial charge in [-0.25, -0.2) is 0 Å². The molecule has 0 atom stereocenters. The molecule has 3 aromatic rings. The number of aliphatic hydroxyl groups is 1. The Morgan fingerprint density at radius 3 is 1.69 bits per heavy atom. The van der Waals surface area contributed by atoms with Gasteiger partial charge in [-0.1, -0.05) is 36.0 Å². The number of carbonyl (C=O) groups excluding carboxylic acids is 2. The number of amides is 1. The van der Waals surface area contributed by atoms with Crippen molar-refractivity contribution >= 4 is 57.4 Å². The Hall–Kier alpha value is -1.88. The van der Waals surface area contributed by atoms with Gasteiger partial charge in [-0.15, -0.1) is 23.5 Å². The van der Waals surface area contributed by atoms with E-state index in [4.69, 9.17) is 0 Å². The van der Waals surface area contributed by atoms with Crippen LogP contribution in [0.4, 0.5) is 4.79 Å². The molecule has 5 nitrogen and oxygen atoms in total. The summed E-state index contributed by atoms with van der Waals surface area (Å²) in [6.45, 7) is 0.353. The van der Waals surface area contributed by atoms with Crippen molar-refractivity contribution in [3.8, 4) is 0 Å². The molecule has 0 spiro atoms. The Morgan fingerprint density at radius 1 is 0.750 bits per heavy atom. The van der Waals surface area contributed by atoms with Gasteiger partial charge in [-0.2, -0.15) is 0 Å². The summed E-state index contributed by atoms with van der Waals surface area (Å²) < 4.78 is 0. The van der Waals surface area contributed by atoms with E-state index in [9.17, 15) is 14.7 Å². The van der Waals surface area contributed by atoms with Gasteiger partial charge in [0.1, 0.15) is 0 Å². The number of likely N-dealkylation sites (N-methyl/N-ethyl adjacent to an activating group) is 1. The van der Waals surface area contributed by atoms with Crippen molar-refractivity contribution in [1.82, 2.24) is 10.2 Å². The van der Waals surface area contributed by atoms with Crippen molar-refractivity contribution < 1.29 is 14.7 Å². The zero-order valence-electron chi connectivity index (χ0n) is 20.5. The number of carbonyl (C=O) groups is 2. The summed E-state index contributed by atoms with van der Waals surface area (Å²) in [6, 6.07) is 22.4. The summed E-state index contributed by atoms with van der Waals surface area (Å²) in [4.78, 5) is 29.3. The zero-order chi connectivity index (χ0) is 25.9. The van der Waals surface area contributed by atoms with E-state index < -0.39 is 0 Å². The van der Waals surface area contributed by atoms with E-state index in [0.29, 0.717) is 6.54 Å². The Kier molecular flexibility index (Phi) is 11.8. The van der Waals surface area contributed by atoms with Gasteiger partial charge in [0.15, 0.2) is 0 Å². The topological polar surface area (TPSA) is 69.6 Å². The predicted molar refractivity (Wildman–Crippen MR) is 154 cm³/mol. The summed E-state index contributed by atoms with van der Waals surface area (Å²) in [6.07, 6.45) is 0. The normalized spacial score (nSPS) is 10.9. The van der Waals surface area contributed by atoms with Crippen LogP contribution in [0.2, 0.25) is 0 Å². The molecule has 0 aliphatic rings. The summed E-state index contributed by atoms with van der Waals surface area (Å²) >= 11 is 5.93. The van der Waals surface area contributed by atoms with Crippen molar-refractivity contribution in [2.24, 2.45) is 0 Å². The molecule has 190 valence electrons. The van der Waals surface area contributed by atoms with E-state index in [1.54, 1.807) is 49.6 Å². The summed E-state index contributed by atoms with van der Waals surface area (Å²) in [7, 11) is 5.26. The maximum absolute atomic E-state index is 11.9. The van der Waals surface area contributed by atoms with Gasteiger partial charge in [-0.05, 0) is 78.0 Å². The first-order valence-electron chi connectivity index (χ1n) is 11.3. The molecule has 0 aliphatic heterocycles. The van der Waals surface area contributed by atoms with Crippen LogP contribution in [0.15, 0.2) is 86.3 Å². The fourth-order valence-corrected chi connectivity index (χ4v) is 6.46. The maximum Gasteiger partial charge on any atom is 0.285 e. The summed E-state index contributed by atoms with van der Waals surface area (Å²) in [5.41, 5.74) is 3.25. The molecule has 0 aromatic heterocycles. The molecule has 36 heavy (non-hydrogen) atoms. The van der Waals surface area contributed by atoms with Crippen LogP contribution in [0.25, 0.3) is 0 Å². The second kappa shape index (κ2) is 14.8. The minimum atomic E-state index is 0.000347. The van der Waals surface area contributed by atoms with E-state index >= 15 is 0 Å². The lowest BCUT2D eigenvalue weighted by Crippen LogP contribution is -2.15. The van der Waals surface area contributed by atoms with Crippen LogP contribution in [-0.4, -0.2) is 48.0 Å². The minimum Gasteiger partial charge on any atom is -0.392 e. The molecule has 0 saturated carbocycles. The van der Waals surface area contributed by atoms with Crippen molar-refractivity contribution in [1.29, 1.82) is 0 Å². The largest absolute Gasteiger partial charge is 0.392 e. The molecule has 0 fully saturated rings. The van der Waals surface area contributed by atoms with Crippen molar-refractivity contribution in [2.45, 2.75) is 37.7 Å². The SMILES string of the molecule is CNCC(=O)Sc1ccc(CSc2cc(CO)cc(SCc3ccc(SC(=O)N(C)C)cc3)c2)cc1. The molecular weight excluding hydrogens is 529 g/mol. The molecule has 2 N–H and O–H groups in total. The molecule has 0 bridgehead atoms. The van der Waals surface area contributed by atoms with Gasteiger partial charge in [0.2, 0.25) is 5.12 Å². The molecule has 0 radical (unpaired) electrons. The van der Waals surface area contributed by atoms with Gasteiger partial charge < -0.3 is 15.3 Å². The molecular formula is C27H30N2O3S4. The van der Waals surface area contributed by atoms with E-state index in [-0.39, 0.29) is 17.0 Å². The number of benzene rings is 3. The lowest BCUT2D eigenvalue weighted by Gasteiger charge is -2.10. The van der Waals surface area contributed by atoms with E-state index in [2.05, 4.69) is 35.6 Å². The van der Waals surface area contributed by atoms with Crippen LogP contribution in [0.1, 0.15) is 16.7 Å². The Labute approximate surface area is 230 Å². The molecule has 1 amide bonds. The van der Waals surface area contributed by atoms with Gasteiger partial charge >= 0.3 is 0 Å². The summed E-state index contributed by atoms with van der Waals surface area (Å²) in [5, 5.41) is 12.7. The number of rotatable bonds is 11. The number of hydrogen-bond acceptors (Lipinski definition) is 8. The minimum absolute atomic E-state index is 0.000347. The van der Waals surface area contributed by atoms with Gasteiger partial charge in [0, 0.05) is 45.2 Å². The first-order chi connectivity index (χ1) is 17.4. The third-order valence-corrected chi connectivity index (χ3v) is 8.92. The first kappa shape index (κ1) is 28.7. The van der Waals surface area contributed by atoms with Crippen LogP contribution in [0.3, 0.4) is 0 Å². The van der Waals surface area contributed by atoms with Crippen LogP contribution in [0, 0.1) is 0 Å². The van der Waals surface area contributed by atoms with Crippen molar-refractivity contribution in [2.75, 3.05) is 27.7 Å². The highest BCUT2D eigenvalue weighted by Gasteiger charge is 2.08. The number of hydrogen-bond donors (Lipinski definition) is 2. The highest BCUT2D eigenvalue weighted by Crippen LogP contribution is 2.32. The average Bonchev–Trinajstić information content (AvgIpc) is 2.87. The van der Waals surface area contributed by atoms with Gasteiger partial charge in [-0.3, -0.25) is 9.59 Å². The Morgan fingerprint density at radius 2 is 1.25 bits per heavy atom. The molecule has 0 aliphatic carbocycles. The Balaban J connectivity index is 1.57. The second-order valence-electron chi connectivity index (χ2n) is 8.10. The number of aliphatic hydroxyl groups excluding tert-OH is 1. The fraction of sp³-hybridized carbons (Fsp3) is 0.259. The quantitative estimate of drug-likeness (QED) is 0.263. The third kappa shape index (κ3) is 9.53. The lowest BCUT2D eigenvalue weighted by atomic mass is 10.2. The number of nitrogens with one attached hydrogen (secondary N) is 1. The van der Waals surface area contributed by atoms with Gasteiger partial charge in [0.05, 0.1) is 13.2 Å². The smallest absolute Gasteiger partial charge is 0.285 e. The number of thioether (sulfide) groups is 4. The Bertz CT molecular complexity index is 1150. The monoisotopic (exact) mass is 558 g/mol. The highest BCUT2D eigenvalue weighted by atomic mass is 32.2. The molecule has 0 saturated heterocycles. The standard InChI is InChI=1S/C27H30N2O3S4/c1-28-15-26(31)35-22-8-4-19(5-9-22)17-33-24-12-21(16-30)13-25(14-24)34-18-20-6-10-23(11-7-20)36-27(32)29(2)3/h4-14,28,30H,15-18H2,1-3H3. The predicted octanol–water partition coefficient (Wildman–Crippen LogP) is 6.38. The highest BCUT2D eigenvalue weighted by molar-refractivity contribution is 8.14. The van der Waals surface area contributed by atoms with Crippen LogP contribution in [0.5, 0.6) is 0 Å². The average molecular weight is 559 g/mol. The van der Waals surface area contributed by atoms with Crippen molar-refractivity contribution in [3.05, 3.63) is 83.4 Å². The van der Waals surface area contributed by atoms with E-state index in [0.717, 1.165) is 36.7 Å². The maximum atomic E-state index is 11.9. The lowest BCUT2D eigenvalue weighted by molar-refractivity contribution is -0.110. The first-order valence-corrected chi connectivity index (χ1v) is 14.9. The van der Waals surface area contributed by atoms with Crippen LogP contribution >= 0.6 is 47.0 Å². The molecule has 3 rings (SSSR count). The molecule has 0 unspecified atom stereocenters. The van der Waals surface area contributed by atoms with Crippen LogP contribution in [-0.2, 0) is 22.9 Å². The zero-order valence-corrected chi connectivity index (χ0v) is 23.8. The van der Waals surface area contributed by atoms with E-state index in [1.807, 2.05) is 36.4 Å². The summed E-state index contributed by atoms with van der Waals surface area (Å²) in [5.74, 6) is 1.61. The van der Waals surface area contributed by atoms with Gasteiger partial charge in [0.25, 0.3) is 5.24 Å². The third-order valence-electron chi connectivity index (χ3n) is 4.90. The molecule has 3 aromatic carbocycles. The fourth-order valence-electron chi connectivity index (χ4n) is 3.03. The molecule has 9 heteroatoms. The second-order valence-corrected chi connectivity index (χ2v) is 12.4. The molecule has 0 heterocycles.